The lowest BCUT2D eigenvalue weighted by atomic mass is 9.88. The fourth-order valence-electron chi connectivity index (χ4n) is 2.91. The lowest BCUT2D eigenvalue weighted by Crippen LogP contribution is -2.43. The SMILES string of the molecule is NCCCC(Cc1ccccc1)(Cc1ccccc1)S(=O)(=O)O. The van der Waals surface area contributed by atoms with Gasteiger partial charge in [-0.3, -0.25) is 4.55 Å². The van der Waals surface area contributed by atoms with Crippen LogP contribution in [0.3, 0.4) is 0 Å². The van der Waals surface area contributed by atoms with Crippen LogP contribution in [0.4, 0.5) is 0 Å². The van der Waals surface area contributed by atoms with Crippen molar-refractivity contribution in [1.82, 2.24) is 0 Å². The first kappa shape index (κ1) is 17.7. The molecule has 0 bridgehead atoms. The summed E-state index contributed by atoms with van der Waals surface area (Å²) in [5.41, 5.74) is 7.36. The van der Waals surface area contributed by atoms with Crippen molar-refractivity contribution in [2.75, 3.05) is 6.54 Å². The highest BCUT2D eigenvalue weighted by atomic mass is 32.2. The van der Waals surface area contributed by atoms with Gasteiger partial charge in [0, 0.05) is 0 Å². The first-order chi connectivity index (χ1) is 11.0. The topological polar surface area (TPSA) is 80.4 Å². The summed E-state index contributed by atoms with van der Waals surface area (Å²) in [6.45, 7) is 0.390. The summed E-state index contributed by atoms with van der Waals surface area (Å²) in [6.07, 6.45) is 1.40. The maximum Gasteiger partial charge on any atom is 0.271 e. The number of hydrogen-bond donors (Lipinski definition) is 2. The molecule has 0 aliphatic heterocycles. The average molecular weight is 333 g/mol. The van der Waals surface area contributed by atoms with Gasteiger partial charge >= 0.3 is 0 Å². The molecule has 0 aliphatic carbocycles. The van der Waals surface area contributed by atoms with E-state index >= 15 is 0 Å². The number of hydrogen-bond acceptors (Lipinski definition) is 3. The van der Waals surface area contributed by atoms with Gasteiger partial charge in [-0.1, -0.05) is 60.7 Å². The van der Waals surface area contributed by atoms with Gasteiger partial charge < -0.3 is 5.73 Å². The Morgan fingerprint density at radius 2 is 1.30 bits per heavy atom. The Kier molecular flexibility index (Phi) is 5.93. The van der Waals surface area contributed by atoms with Crippen molar-refractivity contribution in [3.05, 3.63) is 71.8 Å². The maximum absolute atomic E-state index is 12.3. The van der Waals surface area contributed by atoms with E-state index in [2.05, 4.69) is 0 Å². The van der Waals surface area contributed by atoms with Crippen LogP contribution in [-0.4, -0.2) is 24.3 Å². The lowest BCUT2D eigenvalue weighted by molar-refractivity contribution is 0.395. The zero-order valence-electron chi connectivity index (χ0n) is 13.1. The second-order valence-corrected chi connectivity index (χ2v) is 7.69. The molecule has 0 radical (unpaired) electrons. The summed E-state index contributed by atoms with van der Waals surface area (Å²) in [6, 6.07) is 18.8. The fourth-order valence-corrected chi connectivity index (χ4v) is 4.01. The van der Waals surface area contributed by atoms with E-state index in [0.29, 0.717) is 19.4 Å². The van der Waals surface area contributed by atoms with Crippen LogP contribution in [-0.2, 0) is 23.0 Å². The van der Waals surface area contributed by atoms with E-state index in [0.717, 1.165) is 11.1 Å². The van der Waals surface area contributed by atoms with Crippen molar-refractivity contribution in [3.8, 4) is 0 Å². The predicted octanol–water partition coefficient (Wildman–Crippen LogP) is 2.84. The Bertz CT molecular complexity index is 658. The molecule has 23 heavy (non-hydrogen) atoms. The molecule has 0 atom stereocenters. The van der Waals surface area contributed by atoms with Gasteiger partial charge in [0.2, 0.25) is 0 Å². The van der Waals surface area contributed by atoms with Gasteiger partial charge in [-0.25, -0.2) is 0 Å². The zero-order chi connectivity index (χ0) is 16.8. The van der Waals surface area contributed by atoms with Gasteiger partial charge in [0.15, 0.2) is 0 Å². The molecule has 5 heteroatoms. The fraction of sp³-hybridized carbons (Fsp3) is 0.333. The molecule has 2 aromatic rings. The molecule has 0 aromatic heterocycles. The van der Waals surface area contributed by atoms with Crippen LogP contribution in [0.15, 0.2) is 60.7 Å². The highest BCUT2D eigenvalue weighted by molar-refractivity contribution is 7.87. The standard InChI is InChI=1S/C18H23NO3S/c19-13-7-12-18(23(20,21)22,14-16-8-3-1-4-9-16)15-17-10-5-2-6-11-17/h1-6,8-11H,7,12-15,19H2,(H,20,21,22). The number of benzene rings is 2. The Morgan fingerprint density at radius 3 is 1.65 bits per heavy atom. The molecule has 0 fully saturated rings. The first-order valence-electron chi connectivity index (χ1n) is 7.72. The van der Waals surface area contributed by atoms with Crippen LogP contribution in [0, 0.1) is 0 Å². The van der Waals surface area contributed by atoms with E-state index in [9.17, 15) is 13.0 Å². The average Bonchev–Trinajstić information content (AvgIpc) is 2.53. The van der Waals surface area contributed by atoms with Gasteiger partial charge in [-0.2, -0.15) is 8.42 Å². The van der Waals surface area contributed by atoms with Crippen molar-refractivity contribution in [2.24, 2.45) is 5.73 Å². The largest absolute Gasteiger partial charge is 0.330 e. The third-order valence-corrected chi connectivity index (χ3v) is 5.71. The predicted molar refractivity (Wildman–Crippen MR) is 92.9 cm³/mol. The number of rotatable bonds is 8. The molecule has 2 aromatic carbocycles. The first-order valence-corrected chi connectivity index (χ1v) is 9.16. The van der Waals surface area contributed by atoms with Gasteiger partial charge in [0.05, 0.1) is 0 Å². The zero-order valence-corrected chi connectivity index (χ0v) is 13.9. The van der Waals surface area contributed by atoms with Crippen LogP contribution in [0.1, 0.15) is 24.0 Å². The molecule has 0 saturated carbocycles. The Balaban J connectivity index is 2.41. The molecule has 124 valence electrons. The summed E-state index contributed by atoms with van der Waals surface area (Å²) in [4.78, 5) is 0. The Hall–Kier alpha value is -1.69. The summed E-state index contributed by atoms with van der Waals surface area (Å²) >= 11 is 0. The molecule has 0 saturated heterocycles. The van der Waals surface area contributed by atoms with Crippen molar-refractivity contribution < 1.29 is 13.0 Å². The van der Waals surface area contributed by atoms with Crippen molar-refractivity contribution in [1.29, 1.82) is 0 Å². The Labute approximate surface area is 138 Å². The molecule has 0 heterocycles. The van der Waals surface area contributed by atoms with E-state index in [-0.39, 0.29) is 12.8 Å². The molecule has 0 aliphatic rings. The summed E-state index contributed by atoms with van der Waals surface area (Å²) in [5, 5.41) is 0. The van der Waals surface area contributed by atoms with Crippen molar-refractivity contribution in [2.45, 2.75) is 30.4 Å². The lowest BCUT2D eigenvalue weighted by Gasteiger charge is -2.31. The van der Waals surface area contributed by atoms with Gasteiger partial charge in [-0.05, 0) is 43.4 Å². The van der Waals surface area contributed by atoms with E-state index in [1.165, 1.54) is 0 Å². The minimum absolute atomic E-state index is 0.265. The van der Waals surface area contributed by atoms with Crippen LogP contribution in [0.5, 0.6) is 0 Å². The van der Waals surface area contributed by atoms with Crippen molar-refractivity contribution in [3.63, 3.8) is 0 Å². The quantitative estimate of drug-likeness (QED) is 0.728. The Morgan fingerprint density at radius 1 is 0.870 bits per heavy atom. The smallest absolute Gasteiger partial charge is 0.271 e. The van der Waals surface area contributed by atoms with Gasteiger partial charge in [0.25, 0.3) is 10.1 Å². The minimum atomic E-state index is -4.25. The van der Waals surface area contributed by atoms with E-state index in [1.54, 1.807) is 0 Å². The second-order valence-electron chi connectivity index (χ2n) is 5.88. The summed E-state index contributed by atoms with van der Waals surface area (Å²) in [5.74, 6) is 0. The molecular weight excluding hydrogens is 310 g/mol. The monoisotopic (exact) mass is 333 g/mol. The minimum Gasteiger partial charge on any atom is -0.330 e. The van der Waals surface area contributed by atoms with Crippen LogP contribution >= 0.6 is 0 Å². The third kappa shape index (κ3) is 4.64. The molecule has 0 spiro atoms. The molecule has 0 unspecified atom stereocenters. The second kappa shape index (κ2) is 7.73. The van der Waals surface area contributed by atoms with Crippen LogP contribution in [0.2, 0.25) is 0 Å². The van der Waals surface area contributed by atoms with E-state index < -0.39 is 14.9 Å². The molecular formula is C18H23NO3S. The molecule has 2 rings (SSSR count). The van der Waals surface area contributed by atoms with Crippen molar-refractivity contribution >= 4 is 10.1 Å². The number of nitrogens with two attached hydrogens (primary N) is 1. The highest BCUT2D eigenvalue weighted by Gasteiger charge is 2.42. The van der Waals surface area contributed by atoms with Crippen LogP contribution < -0.4 is 5.73 Å². The van der Waals surface area contributed by atoms with E-state index in [1.807, 2.05) is 60.7 Å². The summed E-state index contributed by atoms with van der Waals surface area (Å²) in [7, 11) is -4.25. The van der Waals surface area contributed by atoms with Gasteiger partial charge in [0.1, 0.15) is 4.75 Å². The normalized spacial score (nSPS) is 12.3. The third-order valence-electron chi connectivity index (χ3n) is 4.12. The van der Waals surface area contributed by atoms with Crippen LogP contribution in [0.25, 0.3) is 0 Å². The molecule has 3 N–H and O–H groups in total. The summed E-state index contributed by atoms with van der Waals surface area (Å²) < 4.78 is 33.3. The highest BCUT2D eigenvalue weighted by Crippen LogP contribution is 2.31. The van der Waals surface area contributed by atoms with E-state index in [4.69, 9.17) is 5.73 Å². The van der Waals surface area contributed by atoms with Gasteiger partial charge in [-0.15, -0.1) is 0 Å². The maximum atomic E-state index is 12.3. The molecule has 0 amide bonds. The molecule has 4 nitrogen and oxygen atoms in total.